The third kappa shape index (κ3) is 5.64. The topological polar surface area (TPSA) is 52.6 Å². The first-order chi connectivity index (χ1) is 28.4. The minimum absolute atomic E-state index is 0.176. The lowest BCUT2D eigenvalue weighted by molar-refractivity contribution is -0.485. The third-order valence-electron chi connectivity index (χ3n) is 11.1. The number of fused-ring (bicyclic) bond motifs is 22. The van der Waals surface area contributed by atoms with Crippen molar-refractivity contribution in [3.05, 3.63) is 188 Å². The lowest BCUT2D eigenvalue weighted by Crippen LogP contribution is -2.18. The molecule has 278 valence electrons. The van der Waals surface area contributed by atoms with E-state index >= 15 is 0 Å². The highest BCUT2D eigenvalue weighted by Gasteiger charge is 2.18. The molecule has 0 fully saturated rings. The van der Waals surface area contributed by atoms with Gasteiger partial charge in [-0.15, -0.1) is 0 Å². The van der Waals surface area contributed by atoms with Crippen LogP contribution in [0, 0.1) is 6.33 Å². The van der Waals surface area contributed by atoms with Gasteiger partial charge in [-0.25, -0.2) is 4.98 Å². The smallest absolute Gasteiger partial charge is 0.269 e. The fourth-order valence-corrected chi connectivity index (χ4v) is 8.29. The van der Waals surface area contributed by atoms with Gasteiger partial charge in [0.15, 0.2) is 0 Å². The van der Waals surface area contributed by atoms with Crippen LogP contribution in [0.1, 0.15) is 26.3 Å². The highest BCUT2D eigenvalue weighted by atomic mass is 16.3. The molecule has 0 saturated carbocycles. The van der Waals surface area contributed by atoms with Crippen molar-refractivity contribution in [1.29, 1.82) is 0 Å². The standard InChI is InChI=1S/C52H38N4O2/c1-52(2,3)36-28-43-35-16-13-15-34(27-35)41-21-7-9-23-44(41)55-33-54(46-25-11-12-26-47(46)55)38-19-14-20-39(30-38)57-40-31-48-51(49(32-40)58-50(29-36)53-43)42-22-8-10-24-45(42)56(48)37-17-5-4-6-18-37/h4-32H,1-3H3. The Kier molecular flexibility index (Phi) is 7.63. The van der Waals surface area contributed by atoms with Crippen molar-refractivity contribution in [2.45, 2.75) is 26.2 Å². The lowest BCUT2D eigenvalue weighted by Gasteiger charge is -2.18. The van der Waals surface area contributed by atoms with Crippen molar-refractivity contribution >= 4 is 88.0 Å². The van der Waals surface area contributed by atoms with Crippen LogP contribution < -0.4 is 4.40 Å². The first kappa shape index (κ1) is 33.9. The van der Waals surface area contributed by atoms with Crippen molar-refractivity contribution in [1.82, 2.24) is 14.0 Å². The van der Waals surface area contributed by atoms with Gasteiger partial charge in [0.25, 0.3) is 6.33 Å². The molecule has 11 rings (SSSR count). The molecule has 0 radical (unpaired) electrons. The number of rotatable bonds is 1. The predicted octanol–water partition coefficient (Wildman–Crippen LogP) is 13.0. The van der Waals surface area contributed by atoms with Crippen LogP contribution in [-0.2, 0) is 5.41 Å². The fraction of sp³-hybridized carbons (Fsp3) is 0.0769. The summed E-state index contributed by atoms with van der Waals surface area (Å²) in [6.45, 7) is 6.67. The van der Waals surface area contributed by atoms with Crippen LogP contribution in [0.3, 0.4) is 0 Å². The van der Waals surface area contributed by atoms with Gasteiger partial charge in [-0.1, -0.05) is 124 Å². The Morgan fingerprint density at radius 3 is 2.12 bits per heavy atom. The van der Waals surface area contributed by atoms with Gasteiger partial charge >= 0.3 is 0 Å². The van der Waals surface area contributed by atoms with Gasteiger partial charge in [0.1, 0.15) is 16.7 Å². The van der Waals surface area contributed by atoms with Gasteiger partial charge in [0.05, 0.1) is 44.0 Å². The monoisotopic (exact) mass is 750 g/mol. The Balaban J connectivity index is 1.39. The van der Waals surface area contributed by atoms with Crippen molar-refractivity contribution in [2.24, 2.45) is 0 Å². The van der Waals surface area contributed by atoms with Gasteiger partial charge in [-0.05, 0) is 76.3 Å². The molecule has 58 heavy (non-hydrogen) atoms. The SMILES string of the molecule is CC(C)(C)c1cc2nc(c1)c1cccc(c1)c1ccccc1[n+]1[c-]n(c3cccc(c3)oc3cc(o2)c2c4ccccc4n(-c4ccccc4)c2c3)c2ccccc21. The molecule has 6 nitrogen and oxygen atoms in total. The van der Waals surface area contributed by atoms with E-state index in [4.69, 9.17) is 13.8 Å². The van der Waals surface area contributed by atoms with Crippen LogP contribution in [0.15, 0.2) is 185 Å². The number of nitrogens with zero attached hydrogens (tertiary/aromatic N) is 4. The molecule has 0 aliphatic rings. The second-order valence-electron chi connectivity index (χ2n) is 15.9. The number of para-hydroxylation sites is 5. The highest BCUT2D eigenvalue weighted by Crippen LogP contribution is 2.37. The first-order valence-corrected chi connectivity index (χ1v) is 19.6. The van der Waals surface area contributed by atoms with E-state index in [1.165, 1.54) is 0 Å². The van der Waals surface area contributed by atoms with E-state index in [0.717, 1.165) is 76.8 Å². The number of hydrogen-bond acceptors (Lipinski definition) is 3. The number of hydrogen-bond donors (Lipinski definition) is 0. The number of aromatic nitrogens is 4. The van der Waals surface area contributed by atoms with Crippen molar-refractivity contribution in [3.63, 3.8) is 0 Å². The van der Waals surface area contributed by atoms with E-state index in [1.54, 1.807) is 0 Å². The van der Waals surface area contributed by atoms with Crippen molar-refractivity contribution in [2.75, 3.05) is 0 Å². The predicted molar refractivity (Wildman–Crippen MR) is 236 cm³/mol. The van der Waals surface area contributed by atoms with E-state index in [2.05, 4.69) is 192 Å². The maximum absolute atomic E-state index is 7.06. The summed E-state index contributed by atoms with van der Waals surface area (Å²) in [6.07, 6.45) is 3.72. The molecule has 7 aromatic carbocycles. The summed E-state index contributed by atoms with van der Waals surface area (Å²) in [5, 5.41) is 5.21. The lowest BCUT2D eigenvalue weighted by atomic mass is 9.87. The minimum Gasteiger partial charge on any atom is -0.458 e. The van der Waals surface area contributed by atoms with Crippen LogP contribution in [0.2, 0.25) is 0 Å². The van der Waals surface area contributed by atoms with E-state index in [-0.39, 0.29) is 5.41 Å². The number of imidazole rings is 1. The zero-order valence-electron chi connectivity index (χ0n) is 32.3. The van der Waals surface area contributed by atoms with Crippen LogP contribution in [0.4, 0.5) is 0 Å². The molecule has 11 aromatic rings. The van der Waals surface area contributed by atoms with Gasteiger partial charge in [-0.2, -0.15) is 0 Å². The molecule has 0 saturated heterocycles. The number of benzene rings is 7. The Morgan fingerprint density at radius 2 is 1.28 bits per heavy atom. The van der Waals surface area contributed by atoms with E-state index in [1.807, 2.05) is 24.3 Å². The minimum atomic E-state index is -0.176. The van der Waals surface area contributed by atoms with Gasteiger partial charge in [0, 0.05) is 34.7 Å². The molecule has 0 spiro atoms. The summed E-state index contributed by atoms with van der Waals surface area (Å²) in [6, 6.07) is 61.1. The highest BCUT2D eigenvalue weighted by molar-refractivity contribution is 6.17. The number of pyridine rings is 1. The molecule has 0 aliphatic carbocycles. The molecule has 0 N–H and O–H groups in total. The van der Waals surface area contributed by atoms with Crippen molar-refractivity contribution < 1.29 is 13.2 Å². The molecule has 0 unspecified atom stereocenters. The van der Waals surface area contributed by atoms with Gasteiger partial charge in [-0.3, -0.25) is 8.80 Å². The molecule has 0 atom stereocenters. The maximum atomic E-state index is 7.06. The molecule has 0 aliphatic heterocycles. The van der Waals surface area contributed by atoms with Gasteiger partial charge in [0.2, 0.25) is 5.71 Å². The van der Waals surface area contributed by atoms with Crippen LogP contribution >= 0.6 is 0 Å². The van der Waals surface area contributed by atoms with Crippen molar-refractivity contribution in [3.8, 4) is 5.69 Å². The summed E-state index contributed by atoms with van der Waals surface area (Å²) >= 11 is 0. The van der Waals surface area contributed by atoms with E-state index in [9.17, 15) is 0 Å². The molecule has 0 amide bonds. The van der Waals surface area contributed by atoms with Crippen LogP contribution in [0.5, 0.6) is 0 Å². The average molecular weight is 751 g/mol. The summed E-state index contributed by atoms with van der Waals surface area (Å²) in [5.41, 5.74) is 11.4. The quantitative estimate of drug-likeness (QED) is 0.124. The summed E-state index contributed by atoms with van der Waals surface area (Å²) in [7, 11) is 0. The Hall–Kier alpha value is -7.44. The van der Waals surface area contributed by atoms with Crippen LogP contribution in [0.25, 0.3) is 93.7 Å². The zero-order chi connectivity index (χ0) is 39.0. The Labute approximate surface area is 333 Å². The molecule has 10 bridgehead atoms. The summed E-state index contributed by atoms with van der Waals surface area (Å²) < 4.78 is 20.5. The zero-order valence-corrected chi connectivity index (χ0v) is 32.3. The second kappa shape index (κ2) is 13.1. The maximum Gasteiger partial charge on any atom is 0.269 e. The Morgan fingerprint density at radius 1 is 0.552 bits per heavy atom. The van der Waals surface area contributed by atoms with E-state index in [0.29, 0.717) is 22.5 Å². The van der Waals surface area contributed by atoms with Gasteiger partial charge < -0.3 is 13.4 Å². The molecular weight excluding hydrogens is 713 g/mol. The largest absolute Gasteiger partial charge is 0.458 e. The third-order valence-corrected chi connectivity index (χ3v) is 11.1. The second-order valence-corrected chi connectivity index (χ2v) is 15.9. The van der Waals surface area contributed by atoms with Crippen LogP contribution in [-0.4, -0.2) is 14.0 Å². The average Bonchev–Trinajstić information content (AvgIpc) is 3.80. The fourth-order valence-electron chi connectivity index (χ4n) is 8.29. The molecular formula is C52H38N4O2. The summed E-state index contributed by atoms with van der Waals surface area (Å²) in [5.74, 6) is 0. The molecule has 4 heterocycles. The van der Waals surface area contributed by atoms with E-state index < -0.39 is 0 Å². The molecule has 4 aromatic heterocycles. The normalized spacial score (nSPS) is 12.1. The first-order valence-electron chi connectivity index (χ1n) is 19.6. The Bertz CT molecular complexity index is 3620. The summed E-state index contributed by atoms with van der Waals surface area (Å²) in [4.78, 5) is 5.25. The molecule has 6 heteroatoms.